The Morgan fingerprint density at radius 1 is 1.33 bits per heavy atom. The first-order valence-electron chi connectivity index (χ1n) is 8.65. The summed E-state index contributed by atoms with van der Waals surface area (Å²) in [5.74, 6) is -0.284. The van der Waals surface area contributed by atoms with Gasteiger partial charge in [0.1, 0.15) is 5.69 Å². The molecule has 1 heterocycles. The molecule has 0 aliphatic rings. The van der Waals surface area contributed by atoms with Crippen molar-refractivity contribution in [1.29, 1.82) is 0 Å². The minimum absolute atomic E-state index is 0.134. The third-order valence-corrected chi connectivity index (χ3v) is 4.09. The van der Waals surface area contributed by atoms with Crippen LogP contribution in [0.15, 0.2) is 17.1 Å². The zero-order valence-corrected chi connectivity index (χ0v) is 15.4. The van der Waals surface area contributed by atoms with E-state index in [1.54, 1.807) is 31.5 Å². The van der Waals surface area contributed by atoms with Crippen LogP contribution < -0.4 is 10.2 Å². The zero-order chi connectivity index (χ0) is 18.3. The Hall–Kier alpha value is -1.91. The third kappa shape index (κ3) is 5.32. The molecule has 5 heteroatoms. The molecule has 134 valence electrons. The summed E-state index contributed by atoms with van der Waals surface area (Å²) < 4.78 is 6.99. The van der Waals surface area contributed by atoms with Crippen LogP contribution in [-0.2, 0) is 11.3 Å². The van der Waals surface area contributed by atoms with Crippen LogP contribution in [0.5, 0.6) is 5.75 Å². The molecule has 0 fully saturated rings. The van der Waals surface area contributed by atoms with Gasteiger partial charge >= 0.3 is 5.97 Å². The van der Waals surface area contributed by atoms with Gasteiger partial charge in [0, 0.05) is 18.8 Å². The van der Waals surface area contributed by atoms with Gasteiger partial charge < -0.3 is 9.30 Å². The molecule has 0 N–H and O–H groups in total. The van der Waals surface area contributed by atoms with Crippen LogP contribution in [0.2, 0.25) is 0 Å². The van der Waals surface area contributed by atoms with Gasteiger partial charge in [-0.25, -0.2) is 0 Å². The van der Waals surface area contributed by atoms with Gasteiger partial charge in [-0.3, -0.25) is 14.4 Å². The summed E-state index contributed by atoms with van der Waals surface area (Å²) in [5, 5.41) is 0. The molecule has 1 aromatic rings. The number of esters is 1. The molecule has 0 saturated carbocycles. The predicted molar refractivity (Wildman–Crippen MR) is 94.5 cm³/mol. The van der Waals surface area contributed by atoms with Gasteiger partial charge in [0.2, 0.25) is 11.2 Å². The van der Waals surface area contributed by atoms with Crippen molar-refractivity contribution >= 4 is 12.3 Å². The number of hydrogen-bond acceptors (Lipinski definition) is 4. The average Bonchev–Trinajstić information content (AvgIpc) is 2.53. The van der Waals surface area contributed by atoms with Gasteiger partial charge in [-0.2, -0.15) is 0 Å². The monoisotopic (exact) mass is 335 g/mol. The lowest BCUT2D eigenvalue weighted by Gasteiger charge is -2.21. The van der Waals surface area contributed by atoms with Crippen LogP contribution in [0.3, 0.4) is 0 Å². The smallest absolute Gasteiger partial charge is 0.316 e. The average molecular weight is 335 g/mol. The number of nitrogens with zero attached hydrogens (tertiary/aromatic N) is 1. The number of rotatable bonds is 8. The molecule has 24 heavy (non-hydrogen) atoms. The zero-order valence-electron chi connectivity index (χ0n) is 15.4. The number of aldehydes is 1. The highest BCUT2D eigenvalue weighted by molar-refractivity contribution is 5.82. The molecular weight excluding hydrogens is 306 g/mol. The maximum atomic E-state index is 12.1. The Morgan fingerprint density at radius 3 is 2.50 bits per heavy atom. The first-order valence-corrected chi connectivity index (χ1v) is 8.65. The number of ether oxygens (including phenoxy) is 1. The van der Waals surface area contributed by atoms with Crippen LogP contribution in [-0.4, -0.2) is 16.8 Å². The third-order valence-electron chi connectivity index (χ3n) is 4.09. The summed E-state index contributed by atoms with van der Waals surface area (Å²) in [4.78, 5) is 35.8. The Bertz CT molecular complexity index is 625. The van der Waals surface area contributed by atoms with Crippen LogP contribution in [0.1, 0.15) is 70.8 Å². The normalized spacial score (nSPS) is 12.7. The topological polar surface area (TPSA) is 65.4 Å². The van der Waals surface area contributed by atoms with Gasteiger partial charge in [-0.05, 0) is 33.1 Å². The summed E-state index contributed by atoms with van der Waals surface area (Å²) >= 11 is 0. The van der Waals surface area contributed by atoms with Crippen molar-refractivity contribution in [3.8, 4) is 5.75 Å². The minimum Gasteiger partial charge on any atom is -0.420 e. The summed E-state index contributed by atoms with van der Waals surface area (Å²) in [5.41, 5.74) is -1.07. The Kier molecular flexibility index (Phi) is 7.39. The molecular formula is C19H29NO4. The number of hydrogen-bond donors (Lipinski definition) is 0. The molecule has 0 radical (unpaired) electrons. The molecule has 5 nitrogen and oxygen atoms in total. The lowest BCUT2D eigenvalue weighted by atomic mass is 9.97. The van der Waals surface area contributed by atoms with Gasteiger partial charge in [-0.15, -0.1) is 0 Å². The van der Waals surface area contributed by atoms with E-state index < -0.39 is 16.8 Å². The number of carbonyl (C=O) groups is 2. The first kappa shape index (κ1) is 20.1. The highest BCUT2D eigenvalue weighted by Gasteiger charge is 2.26. The van der Waals surface area contributed by atoms with E-state index in [2.05, 4.69) is 13.8 Å². The van der Waals surface area contributed by atoms with Crippen molar-refractivity contribution in [2.24, 2.45) is 11.3 Å². The lowest BCUT2D eigenvalue weighted by molar-refractivity contribution is -0.143. The SMILES string of the molecule is CCCCC(CC)Cn1ccc(=O)c(OC(=O)C(C)(C)C)c1C=O. The highest BCUT2D eigenvalue weighted by atomic mass is 16.5. The van der Waals surface area contributed by atoms with Crippen molar-refractivity contribution in [1.82, 2.24) is 4.57 Å². The maximum Gasteiger partial charge on any atom is 0.316 e. The van der Waals surface area contributed by atoms with E-state index in [0.29, 0.717) is 18.7 Å². The van der Waals surface area contributed by atoms with Gasteiger partial charge in [0.25, 0.3) is 0 Å². The summed E-state index contributed by atoms with van der Waals surface area (Å²) in [6, 6.07) is 1.35. The van der Waals surface area contributed by atoms with Crippen molar-refractivity contribution in [3.05, 3.63) is 28.2 Å². The molecule has 0 saturated heterocycles. The molecule has 0 aliphatic carbocycles. The fraction of sp³-hybridized carbons (Fsp3) is 0.632. The van der Waals surface area contributed by atoms with Crippen molar-refractivity contribution in [3.63, 3.8) is 0 Å². The highest BCUT2D eigenvalue weighted by Crippen LogP contribution is 2.21. The van der Waals surface area contributed by atoms with E-state index in [0.717, 1.165) is 25.7 Å². The molecule has 1 atom stereocenters. The fourth-order valence-electron chi connectivity index (χ4n) is 2.39. The minimum atomic E-state index is -0.750. The largest absolute Gasteiger partial charge is 0.420 e. The second kappa shape index (κ2) is 8.81. The van der Waals surface area contributed by atoms with E-state index in [-0.39, 0.29) is 11.4 Å². The van der Waals surface area contributed by atoms with Crippen molar-refractivity contribution in [2.45, 2.75) is 66.8 Å². The maximum absolute atomic E-state index is 12.1. The van der Waals surface area contributed by atoms with Crippen LogP contribution >= 0.6 is 0 Å². The fourth-order valence-corrected chi connectivity index (χ4v) is 2.39. The van der Waals surface area contributed by atoms with Crippen LogP contribution in [0, 0.1) is 11.3 Å². The number of carbonyl (C=O) groups excluding carboxylic acids is 2. The van der Waals surface area contributed by atoms with Gasteiger partial charge in [0.15, 0.2) is 6.29 Å². The quantitative estimate of drug-likeness (QED) is 0.535. The van der Waals surface area contributed by atoms with E-state index in [1.807, 2.05) is 0 Å². The predicted octanol–water partition coefficient (Wildman–Crippen LogP) is 3.83. The standard InChI is InChI=1S/C19H29NO4/c1-6-8-9-14(7-2)12-20-11-10-16(22)17(15(20)13-21)24-18(23)19(3,4)5/h10-11,13-14H,6-9,12H2,1-5H3. The molecule has 1 aromatic heterocycles. The van der Waals surface area contributed by atoms with E-state index in [4.69, 9.17) is 4.74 Å². The van der Waals surface area contributed by atoms with Crippen molar-refractivity contribution in [2.75, 3.05) is 0 Å². The summed E-state index contributed by atoms with van der Waals surface area (Å²) in [7, 11) is 0. The molecule has 1 unspecified atom stereocenters. The molecule has 0 bridgehead atoms. The second-order valence-corrected chi connectivity index (χ2v) is 7.22. The molecule has 0 amide bonds. The number of unbranched alkanes of at least 4 members (excludes halogenated alkanes) is 1. The van der Waals surface area contributed by atoms with E-state index in [1.165, 1.54) is 6.07 Å². The van der Waals surface area contributed by atoms with Gasteiger partial charge in [-0.1, -0.05) is 33.1 Å². The number of aromatic nitrogens is 1. The Balaban J connectivity index is 3.16. The van der Waals surface area contributed by atoms with Crippen molar-refractivity contribution < 1.29 is 14.3 Å². The van der Waals surface area contributed by atoms with E-state index in [9.17, 15) is 14.4 Å². The summed E-state index contributed by atoms with van der Waals surface area (Å²) in [6.07, 6.45) is 6.50. The number of pyridine rings is 1. The van der Waals surface area contributed by atoms with E-state index >= 15 is 0 Å². The molecule has 1 rings (SSSR count). The van der Waals surface area contributed by atoms with Crippen LogP contribution in [0.4, 0.5) is 0 Å². The van der Waals surface area contributed by atoms with Crippen LogP contribution in [0.25, 0.3) is 0 Å². The van der Waals surface area contributed by atoms with Gasteiger partial charge in [0.05, 0.1) is 5.41 Å². The first-order chi connectivity index (χ1) is 11.2. The molecule has 0 aliphatic heterocycles. The second-order valence-electron chi connectivity index (χ2n) is 7.22. The Labute approximate surface area is 144 Å². The lowest BCUT2D eigenvalue weighted by Crippen LogP contribution is -2.29. The summed E-state index contributed by atoms with van der Waals surface area (Å²) in [6.45, 7) is 10.0. The Morgan fingerprint density at radius 2 is 2.00 bits per heavy atom. The molecule has 0 spiro atoms. The molecule has 0 aromatic carbocycles.